The van der Waals surface area contributed by atoms with Gasteiger partial charge in [-0.05, 0) is 50.2 Å². The molecular formula is C24H33N3O5. The van der Waals surface area contributed by atoms with E-state index in [9.17, 15) is 14.4 Å². The number of Topliss-reactive ketones (excluding diaryl/α,β-unsaturated/α-hetero) is 1. The predicted molar refractivity (Wildman–Crippen MR) is 121 cm³/mol. The molecule has 2 bridgehead atoms. The molecule has 0 radical (unpaired) electrons. The number of nitrogens with one attached hydrogen (secondary N) is 3. The molecule has 2 heterocycles. The lowest BCUT2D eigenvalue weighted by Gasteiger charge is -2.27. The number of anilines is 1. The van der Waals surface area contributed by atoms with Gasteiger partial charge in [-0.15, -0.1) is 0 Å². The smallest absolute Gasteiger partial charge is 0.319 e. The third kappa shape index (κ3) is 7.17. The molecule has 1 aromatic carbocycles. The number of hydrogen-bond acceptors (Lipinski definition) is 5. The maximum atomic E-state index is 12.2. The fraction of sp³-hybridized carbons (Fsp3) is 0.542. The Morgan fingerprint density at radius 1 is 1.03 bits per heavy atom. The van der Waals surface area contributed by atoms with Gasteiger partial charge in [0.15, 0.2) is 5.78 Å². The number of benzene rings is 1. The van der Waals surface area contributed by atoms with Gasteiger partial charge in [0.2, 0.25) is 5.91 Å². The van der Waals surface area contributed by atoms with Crippen molar-refractivity contribution < 1.29 is 24.2 Å². The van der Waals surface area contributed by atoms with Gasteiger partial charge in [0, 0.05) is 24.6 Å². The summed E-state index contributed by atoms with van der Waals surface area (Å²) < 4.78 is 6.08. The monoisotopic (exact) mass is 443 g/mol. The Balaban J connectivity index is 1.36. The van der Waals surface area contributed by atoms with E-state index in [1.54, 1.807) is 12.1 Å². The van der Waals surface area contributed by atoms with Gasteiger partial charge in [0.25, 0.3) is 0 Å². The van der Waals surface area contributed by atoms with Gasteiger partial charge in [-0.3, -0.25) is 9.59 Å². The summed E-state index contributed by atoms with van der Waals surface area (Å²) >= 11 is 0. The molecule has 0 aliphatic carbocycles. The van der Waals surface area contributed by atoms with Crippen LogP contribution >= 0.6 is 0 Å². The second-order valence-electron chi connectivity index (χ2n) is 8.39. The normalized spacial score (nSPS) is 23.9. The van der Waals surface area contributed by atoms with E-state index in [1.165, 1.54) is 0 Å². The number of carbonyl (C=O) groups excluding carboxylic acids is 3. The number of fused-ring (bicyclic) bond motifs is 2. The summed E-state index contributed by atoms with van der Waals surface area (Å²) in [6.07, 6.45) is 9.56. The fourth-order valence-electron chi connectivity index (χ4n) is 4.50. The molecule has 0 spiro atoms. The molecule has 1 aromatic rings. The molecule has 3 rings (SSSR count). The molecule has 2 fully saturated rings. The maximum absolute atomic E-state index is 12.2. The van der Waals surface area contributed by atoms with Crippen molar-refractivity contribution in [2.24, 2.45) is 11.8 Å². The Hall–Kier alpha value is -2.71. The third-order valence-electron chi connectivity index (χ3n) is 6.14. The lowest BCUT2D eigenvalue weighted by molar-refractivity contribution is -0.122. The number of hydrogen-bond donors (Lipinski definition) is 4. The van der Waals surface area contributed by atoms with E-state index in [0.29, 0.717) is 24.6 Å². The molecular weight excluding hydrogens is 410 g/mol. The maximum Gasteiger partial charge on any atom is 0.319 e. The van der Waals surface area contributed by atoms with Crippen molar-refractivity contribution in [3.05, 3.63) is 42.5 Å². The van der Waals surface area contributed by atoms with Gasteiger partial charge in [-0.2, -0.15) is 0 Å². The van der Waals surface area contributed by atoms with E-state index in [2.05, 4.69) is 28.1 Å². The number of urea groups is 1. The quantitative estimate of drug-likeness (QED) is 0.292. The number of ketones is 1. The minimum Gasteiger partial charge on any atom is -0.389 e. The van der Waals surface area contributed by atoms with E-state index in [4.69, 9.17) is 9.84 Å². The summed E-state index contributed by atoms with van der Waals surface area (Å²) in [4.78, 5) is 35.3. The van der Waals surface area contributed by atoms with Crippen LogP contribution in [-0.2, 0) is 14.3 Å². The summed E-state index contributed by atoms with van der Waals surface area (Å²) in [6.45, 7) is 0.0653. The lowest BCUT2D eigenvalue weighted by Crippen LogP contribution is -2.43. The Bertz CT molecular complexity index is 798. The molecule has 4 atom stereocenters. The molecule has 8 nitrogen and oxygen atoms in total. The number of allylic oxidation sites excluding steroid dienone is 2. The van der Waals surface area contributed by atoms with Crippen molar-refractivity contribution in [3.8, 4) is 0 Å². The first-order chi connectivity index (χ1) is 15.6. The van der Waals surface area contributed by atoms with E-state index in [1.807, 2.05) is 18.2 Å². The van der Waals surface area contributed by atoms with Gasteiger partial charge in [0.1, 0.15) is 6.61 Å². The summed E-state index contributed by atoms with van der Waals surface area (Å²) in [6, 6.07) is 8.64. The van der Waals surface area contributed by atoms with Crippen LogP contribution in [0.1, 0.15) is 38.5 Å². The largest absolute Gasteiger partial charge is 0.389 e. The highest BCUT2D eigenvalue weighted by Gasteiger charge is 2.47. The molecule has 0 aromatic heterocycles. The van der Waals surface area contributed by atoms with Gasteiger partial charge >= 0.3 is 6.03 Å². The zero-order chi connectivity index (χ0) is 22.8. The van der Waals surface area contributed by atoms with Crippen LogP contribution in [0.2, 0.25) is 0 Å². The molecule has 2 aliphatic rings. The highest BCUT2D eigenvalue weighted by atomic mass is 16.5. The van der Waals surface area contributed by atoms with Crippen molar-refractivity contribution in [2.75, 3.05) is 25.0 Å². The van der Waals surface area contributed by atoms with Crippen LogP contribution in [0, 0.1) is 11.8 Å². The number of para-hydroxylation sites is 1. The summed E-state index contributed by atoms with van der Waals surface area (Å²) in [5.41, 5.74) is 0.667. The first-order valence-corrected chi connectivity index (χ1v) is 11.4. The van der Waals surface area contributed by atoms with Crippen LogP contribution in [-0.4, -0.2) is 54.7 Å². The van der Waals surface area contributed by atoms with E-state index < -0.39 is 6.03 Å². The van der Waals surface area contributed by atoms with E-state index in [-0.39, 0.29) is 43.0 Å². The number of rotatable bonds is 12. The van der Waals surface area contributed by atoms with E-state index in [0.717, 1.165) is 32.1 Å². The molecule has 174 valence electrons. The molecule has 2 aliphatic heterocycles. The number of amides is 3. The Morgan fingerprint density at radius 3 is 2.53 bits per heavy atom. The number of unbranched alkanes of at least 4 members (excludes halogenated alkanes) is 1. The average Bonchev–Trinajstić information content (AvgIpc) is 3.41. The first kappa shape index (κ1) is 23.9. The van der Waals surface area contributed by atoms with E-state index >= 15 is 0 Å². The summed E-state index contributed by atoms with van der Waals surface area (Å²) in [5, 5.41) is 16.9. The fourth-order valence-corrected chi connectivity index (χ4v) is 4.50. The molecule has 4 N–H and O–H groups in total. The second-order valence-corrected chi connectivity index (χ2v) is 8.39. The Labute approximate surface area is 188 Å². The van der Waals surface area contributed by atoms with Gasteiger partial charge in [0.05, 0.1) is 18.8 Å². The molecule has 3 amide bonds. The molecule has 2 saturated heterocycles. The number of aliphatic hydroxyl groups excluding tert-OH is 1. The number of aliphatic hydroxyl groups is 1. The van der Waals surface area contributed by atoms with Crippen molar-refractivity contribution in [1.82, 2.24) is 10.6 Å². The van der Waals surface area contributed by atoms with Crippen LogP contribution in [0.4, 0.5) is 10.5 Å². The van der Waals surface area contributed by atoms with Crippen LogP contribution in [0.15, 0.2) is 42.5 Å². The lowest BCUT2D eigenvalue weighted by atomic mass is 9.77. The van der Waals surface area contributed by atoms with Crippen molar-refractivity contribution >= 4 is 23.4 Å². The Kier molecular flexibility index (Phi) is 9.25. The van der Waals surface area contributed by atoms with Crippen molar-refractivity contribution in [3.63, 3.8) is 0 Å². The summed E-state index contributed by atoms with van der Waals surface area (Å²) in [5.74, 6) is 0.275. The number of carbonyl (C=O) groups is 3. The molecule has 8 heteroatoms. The molecule has 0 saturated carbocycles. The average molecular weight is 444 g/mol. The predicted octanol–water partition coefficient (Wildman–Crippen LogP) is 2.40. The highest BCUT2D eigenvalue weighted by Crippen LogP contribution is 2.44. The van der Waals surface area contributed by atoms with Crippen LogP contribution in [0.3, 0.4) is 0 Å². The van der Waals surface area contributed by atoms with Crippen LogP contribution in [0.5, 0.6) is 0 Å². The van der Waals surface area contributed by atoms with Crippen LogP contribution < -0.4 is 16.0 Å². The molecule has 0 unspecified atom stereocenters. The minimum absolute atomic E-state index is 0.0858. The van der Waals surface area contributed by atoms with Gasteiger partial charge in [-0.25, -0.2) is 4.79 Å². The third-order valence-corrected chi connectivity index (χ3v) is 6.14. The topological polar surface area (TPSA) is 117 Å². The SMILES string of the molecule is O=C(CO)CCCC=CC[C@@H]1[C@H](CNC(=O)CNC(=O)Nc2ccccc2)[C@@H]2CC[C@H]1O2. The number of ether oxygens (including phenoxy) is 1. The Morgan fingerprint density at radius 2 is 1.78 bits per heavy atom. The second kappa shape index (κ2) is 12.4. The first-order valence-electron chi connectivity index (χ1n) is 11.4. The van der Waals surface area contributed by atoms with Crippen molar-refractivity contribution in [2.45, 2.75) is 50.7 Å². The standard InChI is InChI=1S/C24H33N3O5/c28-16-18(29)10-6-1-2-7-11-19-20(22-13-12-21(19)32-22)14-25-23(30)15-26-24(31)27-17-8-4-3-5-9-17/h2-5,7-9,19-22,28H,1,6,10-16H2,(H,25,30)(H2,26,27,31)/t19-,20+,21-,22+/m1/s1. The summed E-state index contributed by atoms with van der Waals surface area (Å²) in [7, 11) is 0. The minimum atomic E-state index is -0.418. The van der Waals surface area contributed by atoms with Crippen LogP contribution in [0.25, 0.3) is 0 Å². The zero-order valence-electron chi connectivity index (χ0n) is 18.3. The molecule has 32 heavy (non-hydrogen) atoms. The van der Waals surface area contributed by atoms with Crippen molar-refractivity contribution in [1.29, 1.82) is 0 Å². The van der Waals surface area contributed by atoms with Gasteiger partial charge < -0.3 is 25.8 Å². The highest BCUT2D eigenvalue weighted by molar-refractivity contribution is 5.92. The van der Waals surface area contributed by atoms with Gasteiger partial charge in [-0.1, -0.05) is 30.4 Å². The zero-order valence-corrected chi connectivity index (χ0v) is 18.3.